The number of carbonyl (C=O) groups excluding carboxylic acids is 1. The number of aromatic nitrogens is 1. The van der Waals surface area contributed by atoms with Gasteiger partial charge in [0.15, 0.2) is 5.82 Å². The summed E-state index contributed by atoms with van der Waals surface area (Å²) in [6.07, 6.45) is 1.82. The van der Waals surface area contributed by atoms with E-state index in [9.17, 15) is 4.79 Å². The zero-order chi connectivity index (χ0) is 14.8. The minimum absolute atomic E-state index is 0.129. The van der Waals surface area contributed by atoms with Gasteiger partial charge in [-0.05, 0) is 30.3 Å². The summed E-state index contributed by atoms with van der Waals surface area (Å²) < 4.78 is 5.11. The van der Waals surface area contributed by atoms with Crippen LogP contribution in [0.1, 0.15) is 12.0 Å². The van der Waals surface area contributed by atoms with Crippen LogP contribution in [0.2, 0.25) is 5.02 Å². The first-order valence-electron chi connectivity index (χ1n) is 6.34. The molecule has 1 aromatic heterocycles. The molecule has 0 bridgehead atoms. The second-order valence-electron chi connectivity index (χ2n) is 4.46. The molecule has 0 spiro atoms. The minimum atomic E-state index is -0.129. The number of ether oxygens (including phenoxy) is 1. The molecule has 1 aliphatic rings. The average Bonchev–Trinajstić information content (AvgIpc) is 2.89. The molecule has 5 nitrogen and oxygen atoms in total. The highest BCUT2D eigenvalue weighted by Gasteiger charge is 2.27. The van der Waals surface area contributed by atoms with Gasteiger partial charge in [-0.3, -0.25) is 4.79 Å². The van der Waals surface area contributed by atoms with E-state index < -0.39 is 0 Å². The molecule has 0 fully saturated rings. The molecule has 0 saturated carbocycles. The fraction of sp³-hybridized carbons (Fsp3) is 0.133. The van der Waals surface area contributed by atoms with E-state index in [-0.39, 0.29) is 12.3 Å². The quantitative estimate of drug-likeness (QED) is 0.876. The topological polar surface area (TPSA) is 54.8 Å². The molecule has 2 aromatic rings. The van der Waals surface area contributed by atoms with Crippen molar-refractivity contribution >= 4 is 29.0 Å². The van der Waals surface area contributed by atoms with Gasteiger partial charge in [-0.15, -0.1) is 0 Å². The predicted octanol–water partition coefficient (Wildman–Crippen LogP) is 2.88. The van der Waals surface area contributed by atoms with Crippen LogP contribution in [0.3, 0.4) is 0 Å². The van der Waals surface area contributed by atoms with Crippen LogP contribution in [0.15, 0.2) is 47.7 Å². The van der Waals surface area contributed by atoms with Gasteiger partial charge in [0.2, 0.25) is 0 Å². The molecule has 0 atom stereocenters. The number of benzene rings is 1. The van der Waals surface area contributed by atoms with Gasteiger partial charge >= 0.3 is 0 Å². The molecule has 0 unspecified atom stereocenters. The molecule has 2 heterocycles. The number of anilines is 1. The van der Waals surface area contributed by atoms with E-state index in [4.69, 9.17) is 16.3 Å². The molecule has 0 radical (unpaired) electrons. The van der Waals surface area contributed by atoms with Crippen LogP contribution >= 0.6 is 11.6 Å². The first kappa shape index (κ1) is 13.6. The highest BCUT2D eigenvalue weighted by atomic mass is 35.5. The molecule has 21 heavy (non-hydrogen) atoms. The smallest absolute Gasteiger partial charge is 0.254 e. The van der Waals surface area contributed by atoms with Crippen molar-refractivity contribution in [2.45, 2.75) is 6.42 Å². The van der Waals surface area contributed by atoms with Crippen LogP contribution in [0.4, 0.5) is 5.82 Å². The van der Waals surface area contributed by atoms with Crippen molar-refractivity contribution in [1.82, 2.24) is 4.98 Å². The standard InChI is InChI=1S/C15H12ClN3O2/c1-21-10-5-6-11(12(16)8-10)13-9-15(20)19(18-13)14-4-2-3-7-17-14/h2-8H,9H2,1H3. The Morgan fingerprint density at radius 1 is 1.29 bits per heavy atom. The average molecular weight is 302 g/mol. The summed E-state index contributed by atoms with van der Waals surface area (Å²) in [6.45, 7) is 0. The summed E-state index contributed by atoms with van der Waals surface area (Å²) in [5, 5.41) is 6.14. The lowest BCUT2D eigenvalue weighted by molar-refractivity contribution is -0.116. The molecule has 0 aliphatic carbocycles. The Morgan fingerprint density at radius 2 is 2.14 bits per heavy atom. The highest BCUT2D eigenvalue weighted by Crippen LogP contribution is 2.27. The zero-order valence-electron chi connectivity index (χ0n) is 11.3. The van der Waals surface area contributed by atoms with Gasteiger partial charge in [0.1, 0.15) is 5.75 Å². The number of carbonyl (C=O) groups is 1. The Labute approximate surface area is 126 Å². The number of hydrogen-bond acceptors (Lipinski definition) is 4. The maximum absolute atomic E-state index is 12.1. The Kier molecular flexibility index (Phi) is 3.58. The maximum Gasteiger partial charge on any atom is 0.254 e. The monoisotopic (exact) mass is 301 g/mol. The summed E-state index contributed by atoms with van der Waals surface area (Å²) >= 11 is 6.22. The number of hydrogen-bond donors (Lipinski definition) is 0. The Hall–Kier alpha value is -2.40. The van der Waals surface area contributed by atoms with E-state index in [1.165, 1.54) is 5.01 Å². The second-order valence-corrected chi connectivity index (χ2v) is 4.87. The third-order valence-corrected chi connectivity index (χ3v) is 3.44. The third-order valence-electron chi connectivity index (χ3n) is 3.13. The normalized spacial score (nSPS) is 14.3. The van der Waals surface area contributed by atoms with E-state index >= 15 is 0 Å². The number of nitrogens with zero attached hydrogens (tertiary/aromatic N) is 3. The van der Waals surface area contributed by atoms with Gasteiger partial charge in [0.25, 0.3) is 5.91 Å². The Balaban J connectivity index is 1.95. The second kappa shape index (κ2) is 5.54. The SMILES string of the molecule is COc1ccc(C2=NN(c3ccccn3)C(=O)C2)c(Cl)c1. The number of methoxy groups -OCH3 is 1. The molecule has 106 valence electrons. The fourth-order valence-corrected chi connectivity index (χ4v) is 2.37. The summed E-state index contributed by atoms with van der Waals surface area (Å²) in [4.78, 5) is 16.2. The predicted molar refractivity (Wildman–Crippen MR) is 80.9 cm³/mol. The Morgan fingerprint density at radius 3 is 2.81 bits per heavy atom. The number of rotatable bonds is 3. The minimum Gasteiger partial charge on any atom is -0.497 e. The molecule has 1 amide bonds. The van der Waals surface area contributed by atoms with Crippen LogP contribution in [-0.4, -0.2) is 23.7 Å². The molecule has 3 rings (SSSR count). The maximum atomic E-state index is 12.1. The molecular weight excluding hydrogens is 290 g/mol. The lowest BCUT2D eigenvalue weighted by Crippen LogP contribution is -2.20. The molecular formula is C15H12ClN3O2. The van der Waals surface area contributed by atoms with E-state index in [0.717, 1.165) is 5.56 Å². The third kappa shape index (κ3) is 2.60. The summed E-state index contributed by atoms with van der Waals surface area (Å²) in [5.41, 5.74) is 1.35. The largest absolute Gasteiger partial charge is 0.497 e. The van der Waals surface area contributed by atoms with Crippen molar-refractivity contribution in [3.63, 3.8) is 0 Å². The van der Waals surface area contributed by atoms with E-state index in [1.54, 1.807) is 43.6 Å². The molecule has 6 heteroatoms. The summed E-state index contributed by atoms with van der Waals surface area (Å²) in [5.74, 6) is 1.04. The number of amides is 1. The van der Waals surface area contributed by atoms with Crippen molar-refractivity contribution in [3.05, 3.63) is 53.2 Å². The lowest BCUT2D eigenvalue weighted by Gasteiger charge is -2.09. The van der Waals surface area contributed by atoms with Crippen LogP contribution < -0.4 is 9.75 Å². The molecule has 1 aliphatic heterocycles. The van der Waals surface area contributed by atoms with Gasteiger partial charge in [-0.1, -0.05) is 17.7 Å². The fourth-order valence-electron chi connectivity index (χ4n) is 2.09. The van der Waals surface area contributed by atoms with E-state index in [0.29, 0.717) is 22.3 Å². The van der Waals surface area contributed by atoms with Crippen LogP contribution in [0.25, 0.3) is 0 Å². The number of halogens is 1. The van der Waals surface area contributed by atoms with Gasteiger partial charge in [-0.25, -0.2) is 4.98 Å². The first-order chi connectivity index (χ1) is 10.2. The van der Waals surface area contributed by atoms with Crippen molar-refractivity contribution in [3.8, 4) is 5.75 Å². The lowest BCUT2D eigenvalue weighted by atomic mass is 10.1. The first-order valence-corrected chi connectivity index (χ1v) is 6.72. The number of pyridine rings is 1. The summed E-state index contributed by atoms with van der Waals surface area (Å²) in [6, 6.07) is 10.6. The zero-order valence-corrected chi connectivity index (χ0v) is 12.0. The van der Waals surface area contributed by atoms with Gasteiger partial charge in [0.05, 0.1) is 24.3 Å². The molecule has 1 aromatic carbocycles. The van der Waals surface area contributed by atoms with Crippen molar-refractivity contribution in [2.24, 2.45) is 5.10 Å². The van der Waals surface area contributed by atoms with Crippen molar-refractivity contribution < 1.29 is 9.53 Å². The van der Waals surface area contributed by atoms with E-state index in [2.05, 4.69) is 10.1 Å². The highest BCUT2D eigenvalue weighted by molar-refractivity contribution is 6.35. The van der Waals surface area contributed by atoms with E-state index in [1.807, 2.05) is 6.07 Å². The number of hydrazone groups is 1. The van der Waals surface area contributed by atoms with Crippen molar-refractivity contribution in [2.75, 3.05) is 12.1 Å². The summed E-state index contributed by atoms with van der Waals surface area (Å²) in [7, 11) is 1.57. The van der Waals surface area contributed by atoms with Gasteiger partial charge in [-0.2, -0.15) is 10.1 Å². The van der Waals surface area contributed by atoms with Crippen LogP contribution in [0, 0.1) is 0 Å². The van der Waals surface area contributed by atoms with Crippen molar-refractivity contribution in [1.29, 1.82) is 0 Å². The molecule has 0 saturated heterocycles. The van der Waals surface area contributed by atoms with Crippen LogP contribution in [-0.2, 0) is 4.79 Å². The van der Waals surface area contributed by atoms with Crippen LogP contribution in [0.5, 0.6) is 5.75 Å². The Bertz CT molecular complexity index is 716. The van der Waals surface area contributed by atoms with Gasteiger partial charge < -0.3 is 4.74 Å². The van der Waals surface area contributed by atoms with Gasteiger partial charge in [0, 0.05) is 11.8 Å². The molecule has 0 N–H and O–H groups in total.